The van der Waals surface area contributed by atoms with Crippen LogP contribution in [0.25, 0.3) is 0 Å². The van der Waals surface area contributed by atoms with Gasteiger partial charge in [0.15, 0.2) is 0 Å². The highest BCUT2D eigenvalue weighted by atomic mass is 32.1. The predicted octanol–water partition coefficient (Wildman–Crippen LogP) is 4.13. The van der Waals surface area contributed by atoms with Gasteiger partial charge in [-0.3, -0.25) is 4.90 Å². The third-order valence-electron chi connectivity index (χ3n) is 5.38. The lowest BCUT2D eigenvalue weighted by atomic mass is 9.84. The molecule has 0 spiro atoms. The molecule has 0 aliphatic carbocycles. The average Bonchev–Trinajstić information content (AvgIpc) is 2.99. The van der Waals surface area contributed by atoms with Crippen LogP contribution in [-0.4, -0.2) is 29.6 Å². The van der Waals surface area contributed by atoms with Gasteiger partial charge in [0, 0.05) is 31.2 Å². The lowest BCUT2D eigenvalue weighted by molar-refractivity contribution is 0.0137. The maximum Gasteiger partial charge on any atom is 0.0333 e. The molecule has 0 aromatic carbocycles. The van der Waals surface area contributed by atoms with Crippen LogP contribution in [0.4, 0.5) is 0 Å². The molecule has 1 saturated heterocycles. The van der Waals surface area contributed by atoms with Crippen molar-refractivity contribution in [3.05, 3.63) is 22.4 Å². The number of thiophene rings is 1. The van der Waals surface area contributed by atoms with E-state index in [9.17, 15) is 0 Å². The Labute approximate surface area is 128 Å². The van der Waals surface area contributed by atoms with Gasteiger partial charge in [0.2, 0.25) is 0 Å². The van der Waals surface area contributed by atoms with Gasteiger partial charge in [-0.2, -0.15) is 11.3 Å². The quantitative estimate of drug-likeness (QED) is 0.849. The number of nitrogens with zero attached hydrogens (tertiary/aromatic N) is 1. The molecule has 0 radical (unpaired) electrons. The second kappa shape index (κ2) is 7.06. The largest absolute Gasteiger partial charge is 0.311 e. The van der Waals surface area contributed by atoms with Crippen molar-refractivity contribution in [1.82, 2.24) is 10.2 Å². The van der Waals surface area contributed by atoms with E-state index in [0.717, 1.165) is 19.0 Å². The molecular formula is C17H30N2S. The summed E-state index contributed by atoms with van der Waals surface area (Å²) in [7, 11) is 0. The molecule has 114 valence electrons. The van der Waals surface area contributed by atoms with E-state index in [1.54, 1.807) is 0 Å². The molecule has 0 saturated carbocycles. The van der Waals surface area contributed by atoms with E-state index < -0.39 is 0 Å². The van der Waals surface area contributed by atoms with Crippen LogP contribution in [0.2, 0.25) is 0 Å². The summed E-state index contributed by atoms with van der Waals surface area (Å²) >= 11 is 1.81. The topological polar surface area (TPSA) is 15.3 Å². The number of nitrogens with one attached hydrogen (secondary N) is 1. The highest BCUT2D eigenvalue weighted by Crippen LogP contribution is 2.30. The second-order valence-corrected chi connectivity index (χ2v) is 7.10. The van der Waals surface area contributed by atoms with Gasteiger partial charge in [-0.05, 0) is 41.1 Å². The molecule has 1 aliphatic heterocycles. The molecule has 1 aliphatic rings. The van der Waals surface area contributed by atoms with Gasteiger partial charge in [0.1, 0.15) is 0 Å². The summed E-state index contributed by atoms with van der Waals surface area (Å²) < 4.78 is 0. The number of hydrogen-bond donors (Lipinski definition) is 1. The normalized spacial score (nSPS) is 24.7. The maximum absolute atomic E-state index is 3.83. The highest BCUT2D eigenvalue weighted by Gasteiger charge is 2.39. The van der Waals surface area contributed by atoms with Crippen molar-refractivity contribution in [2.24, 2.45) is 5.92 Å². The van der Waals surface area contributed by atoms with Crippen LogP contribution >= 0.6 is 11.3 Å². The average molecular weight is 295 g/mol. The predicted molar refractivity (Wildman–Crippen MR) is 89.3 cm³/mol. The highest BCUT2D eigenvalue weighted by molar-refractivity contribution is 7.07. The lowest BCUT2D eigenvalue weighted by Gasteiger charge is -2.51. The van der Waals surface area contributed by atoms with E-state index in [0.29, 0.717) is 11.6 Å². The van der Waals surface area contributed by atoms with Crippen molar-refractivity contribution in [3.63, 3.8) is 0 Å². The van der Waals surface area contributed by atoms with Crippen LogP contribution in [0.1, 0.15) is 52.5 Å². The van der Waals surface area contributed by atoms with Gasteiger partial charge in [0.05, 0.1) is 0 Å². The zero-order valence-corrected chi connectivity index (χ0v) is 14.3. The Balaban J connectivity index is 2.14. The minimum absolute atomic E-state index is 0.339. The molecule has 0 bridgehead atoms. The third-order valence-corrected chi connectivity index (χ3v) is 6.11. The molecule has 2 heterocycles. The standard InChI is InChI=1S/C17H30N2S/c1-5-14(4)16-11-19(10-15-8-9-20-12-15)17(6-2,7-3)13-18-16/h8-9,12,14,16,18H,5-7,10-11,13H2,1-4H3. The van der Waals surface area contributed by atoms with Crippen molar-refractivity contribution in [1.29, 1.82) is 0 Å². The van der Waals surface area contributed by atoms with E-state index >= 15 is 0 Å². The van der Waals surface area contributed by atoms with Crippen molar-refractivity contribution < 1.29 is 0 Å². The Morgan fingerprint density at radius 1 is 1.40 bits per heavy atom. The molecule has 2 rings (SSSR count). The molecule has 0 amide bonds. The first kappa shape index (κ1) is 16.0. The molecule has 2 atom stereocenters. The van der Waals surface area contributed by atoms with E-state index in [1.807, 2.05) is 11.3 Å². The number of piperazine rings is 1. The van der Waals surface area contributed by atoms with Crippen LogP contribution in [0, 0.1) is 5.92 Å². The minimum Gasteiger partial charge on any atom is -0.311 e. The van der Waals surface area contributed by atoms with Crippen LogP contribution in [0.3, 0.4) is 0 Å². The molecule has 1 fully saturated rings. The molecule has 2 nitrogen and oxygen atoms in total. The van der Waals surface area contributed by atoms with Crippen molar-refractivity contribution in [2.45, 2.75) is 65.1 Å². The molecular weight excluding hydrogens is 264 g/mol. The zero-order valence-electron chi connectivity index (χ0n) is 13.5. The van der Waals surface area contributed by atoms with Crippen LogP contribution in [0.15, 0.2) is 16.8 Å². The molecule has 20 heavy (non-hydrogen) atoms. The SMILES string of the molecule is CCC(C)C1CN(Cc2ccsc2)C(CC)(CC)CN1. The van der Waals surface area contributed by atoms with E-state index in [-0.39, 0.29) is 0 Å². The molecule has 3 heteroatoms. The van der Waals surface area contributed by atoms with E-state index in [1.165, 1.54) is 31.4 Å². The Bertz CT molecular complexity index is 384. The number of hydrogen-bond acceptors (Lipinski definition) is 3. The lowest BCUT2D eigenvalue weighted by Crippen LogP contribution is -2.65. The Morgan fingerprint density at radius 3 is 2.70 bits per heavy atom. The molecule has 2 unspecified atom stereocenters. The van der Waals surface area contributed by atoms with Crippen molar-refractivity contribution in [3.8, 4) is 0 Å². The van der Waals surface area contributed by atoms with Gasteiger partial charge in [-0.1, -0.05) is 34.1 Å². The molecule has 1 N–H and O–H groups in total. The zero-order chi connectivity index (χ0) is 14.6. The summed E-state index contributed by atoms with van der Waals surface area (Å²) in [6.45, 7) is 12.8. The number of rotatable bonds is 6. The van der Waals surface area contributed by atoms with Crippen LogP contribution < -0.4 is 5.32 Å². The van der Waals surface area contributed by atoms with Gasteiger partial charge in [-0.15, -0.1) is 0 Å². The first-order valence-electron chi connectivity index (χ1n) is 8.14. The molecule has 1 aromatic rings. The Morgan fingerprint density at radius 2 is 2.15 bits per heavy atom. The van der Waals surface area contributed by atoms with Crippen LogP contribution in [-0.2, 0) is 6.54 Å². The van der Waals surface area contributed by atoms with Crippen molar-refractivity contribution >= 4 is 11.3 Å². The van der Waals surface area contributed by atoms with Gasteiger partial charge < -0.3 is 5.32 Å². The van der Waals surface area contributed by atoms with Gasteiger partial charge in [0.25, 0.3) is 0 Å². The summed E-state index contributed by atoms with van der Waals surface area (Å²) in [6.07, 6.45) is 3.72. The Hall–Kier alpha value is -0.380. The molecule has 1 aromatic heterocycles. The third kappa shape index (κ3) is 3.26. The maximum atomic E-state index is 3.83. The van der Waals surface area contributed by atoms with Crippen molar-refractivity contribution in [2.75, 3.05) is 13.1 Å². The fraction of sp³-hybridized carbons (Fsp3) is 0.765. The smallest absolute Gasteiger partial charge is 0.0333 e. The minimum atomic E-state index is 0.339. The fourth-order valence-corrected chi connectivity index (χ4v) is 4.04. The summed E-state index contributed by atoms with van der Waals surface area (Å²) in [5, 5.41) is 8.33. The summed E-state index contributed by atoms with van der Waals surface area (Å²) in [5.74, 6) is 0.756. The summed E-state index contributed by atoms with van der Waals surface area (Å²) in [6, 6.07) is 2.92. The van der Waals surface area contributed by atoms with E-state index in [2.05, 4.69) is 54.7 Å². The van der Waals surface area contributed by atoms with Gasteiger partial charge in [-0.25, -0.2) is 0 Å². The first-order valence-corrected chi connectivity index (χ1v) is 9.09. The van der Waals surface area contributed by atoms with Gasteiger partial charge >= 0.3 is 0 Å². The summed E-state index contributed by atoms with van der Waals surface area (Å²) in [4.78, 5) is 2.75. The van der Waals surface area contributed by atoms with Crippen LogP contribution in [0.5, 0.6) is 0 Å². The Kier molecular flexibility index (Phi) is 5.65. The summed E-state index contributed by atoms with van der Waals surface area (Å²) in [5.41, 5.74) is 1.82. The first-order chi connectivity index (χ1) is 9.65. The fourth-order valence-electron chi connectivity index (χ4n) is 3.38. The second-order valence-electron chi connectivity index (χ2n) is 6.32. The monoisotopic (exact) mass is 294 g/mol. The van der Waals surface area contributed by atoms with E-state index in [4.69, 9.17) is 0 Å².